The molecule has 0 aliphatic heterocycles. The van der Waals surface area contributed by atoms with Gasteiger partial charge in [0.25, 0.3) is 0 Å². The van der Waals surface area contributed by atoms with Crippen LogP contribution in [0.4, 0.5) is 10.5 Å². The van der Waals surface area contributed by atoms with Crippen LogP contribution in [0, 0.1) is 0 Å². The number of aliphatic hydroxyl groups excluding tert-OH is 1. The van der Waals surface area contributed by atoms with Crippen LogP contribution in [-0.2, 0) is 12.0 Å². The molecule has 0 radical (unpaired) electrons. The lowest BCUT2D eigenvalue weighted by Gasteiger charge is -2.29. The van der Waals surface area contributed by atoms with Crippen LogP contribution in [0.3, 0.4) is 0 Å². The summed E-state index contributed by atoms with van der Waals surface area (Å²) < 4.78 is 1.70. The molecule has 2 amide bonds. The molecule has 3 N–H and O–H groups in total. The van der Waals surface area contributed by atoms with E-state index in [1.807, 2.05) is 54.6 Å². The third kappa shape index (κ3) is 2.95. The number of rotatable bonds is 4. The number of anilines is 1. The number of hydrogen-bond donors (Lipinski definition) is 3. The largest absolute Gasteiger partial charge is 0.394 e. The number of carbonyl (C=O) groups is 1. The lowest BCUT2D eigenvalue weighted by Crippen LogP contribution is -2.48. The second kappa shape index (κ2) is 6.65. The predicted octanol–water partition coefficient (Wildman–Crippen LogP) is 2.83. The van der Waals surface area contributed by atoms with Crippen molar-refractivity contribution in [2.75, 3.05) is 11.9 Å². The average Bonchev–Trinajstić information content (AvgIpc) is 3.28. The molecular formula is C20H20N4O2. The van der Waals surface area contributed by atoms with Crippen molar-refractivity contribution in [2.24, 2.45) is 0 Å². The van der Waals surface area contributed by atoms with Gasteiger partial charge in [0.2, 0.25) is 0 Å². The van der Waals surface area contributed by atoms with Crippen LogP contribution in [0.1, 0.15) is 17.5 Å². The Balaban J connectivity index is 1.49. The van der Waals surface area contributed by atoms with Gasteiger partial charge in [-0.2, -0.15) is 5.10 Å². The number of nitrogens with zero attached hydrogens (tertiary/aromatic N) is 2. The molecule has 26 heavy (non-hydrogen) atoms. The molecule has 4 rings (SSSR count). The van der Waals surface area contributed by atoms with Crippen LogP contribution < -0.4 is 10.6 Å². The zero-order valence-electron chi connectivity index (χ0n) is 14.2. The van der Waals surface area contributed by atoms with Crippen molar-refractivity contribution in [3.8, 4) is 5.69 Å². The second-order valence-electron chi connectivity index (χ2n) is 6.49. The Kier molecular flexibility index (Phi) is 4.18. The number of nitrogens with one attached hydrogen (secondary N) is 2. The molecule has 1 aromatic heterocycles. The number of hydrogen-bond acceptors (Lipinski definition) is 3. The molecule has 1 atom stereocenters. The highest BCUT2D eigenvalue weighted by molar-refractivity contribution is 5.89. The van der Waals surface area contributed by atoms with Gasteiger partial charge in [-0.3, -0.25) is 0 Å². The van der Waals surface area contributed by atoms with Crippen molar-refractivity contribution in [1.29, 1.82) is 0 Å². The highest BCUT2D eigenvalue weighted by atomic mass is 16.3. The summed E-state index contributed by atoms with van der Waals surface area (Å²) in [5.74, 6) is 0. The summed E-state index contributed by atoms with van der Waals surface area (Å²) >= 11 is 0. The van der Waals surface area contributed by atoms with Gasteiger partial charge in [-0.15, -0.1) is 0 Å². The number of para-hydroxylation sites is 1. The van der Waals surface area contributed by atoms with E-state index in [1.54, 1.807) is 17.1 Å². The predicted molar refractivity (Wildman–Crippen MR) is 99.2 cm³/mol. The summed E-state index contributed by atoms with van der Waals surface area (Å²) in [5.41, 5.74) is 2.91. The molecule has 0 bridgehead atoms. The number of benzene rings is 2. The van der Waals surface area contributed by atoms with Gasteiger partial charge in [-0.25, -0.2) is 9.48 Å². The number of aliphatic hydroxyl groups is 1. The summed E-state index contributed by atoms with van der Waals surface area (Å²) in [6, 6.07) is 17.2. The van der Waals surface area contributed by atoms with Gasteiger partial charge in [0.15, 0.2) is 0 Å². The zero-order valence-corrected chi connectivity index (χ0v) is 14.2. The third-order valence-electron chi connectivity index (χ3n) is 4.84. The first-order valence-corrected chi connectivity index (χ1v) is 8.59. The van der Waals surface area contributed by atoms with Crippen molar-refractivity contribution in [1.82, 2.24) is 15.1 Å². The summed E-state index contributed by atoms with van der Waals surface area (Å²) in [5, 5.41) is 20.0. The molecule has 0 saturated carbocycles. The topological polar surface area (TPSA) is 79.2 Å². The number of carbonyl (C=O) groups excluding carboxylic acids is 1. The summed E-state index contributed by atoms with van der Waals surface area (Å²) in [6.45, 7) is -0.138. The van der Waals surface area contributed by atoms with E-state index in [9.17, 15) is 9.90 Å². The van der Waals surface area contributed by atoms with Gasteiger partial charge in [0.05, 0.1) is 35.9 Å². The fourth-order valence-electron chi connectivity index (χ4n) is 3.51. The van der Waals surface area contributed by atoms with Crippen LogP contribution in [-0.4, -0.2) is 27.5 Å². The molecule has 1 aliphatic rings. The smallest absolute Gasteiger partial charge is 0.320 e. The number of urea groups is 1. The van der Waals surface area contributed by atoms with Crippen molar-refractivity contribution in [3.63, 3.8) is 0 Å². The molecule has 0 fully saturated rings. The van der Waals surface area contributed by atoms with Crippen molar-refractivity contribution in [2.45, 2.75) is 18.4 Å². The quantitative estimate of drug-likeness (QED) is 0.678. The molecule has 0 saturated heterocycles. The summed E-state index contributed by atoms with van der Waals surface area (Å²) in [7, 11) is 0. The standard InChI is InChI=1S/C20H20N4O2/c25-14-20(11-10-15-6-4-5-9-18(15)20)23-19(26)22-16-12-21-24(13-16)17-7-2-1-3-8-17/h1-9,12-13,25H,10-11,14H2,(H2,22,23,26). The first-order valence-electron chi connectivity index (χ1n) is 8.59. The molecule has 2 aromatic carbocycles. The maximum atomic E-state index is 12.5. The van der Waals surface area contributed by atoms with Crippen molar-refractivity contribution >= 4 is 11.7 Å². The molecule has 1 unspecified atom stereocenters. The first kappa shape index (κ1) is 16.4. The number of amides is 2. The fraction of sp³-hybridized carbons (Fsp3) is 0.200. The average molecular weight is 348 g/mol. The molecule has 1 aliphatic carbocycles. The fourth-order valence-corrected chi connectivity index (χ4v) is 3.51. The van der Waals surface area contributed by atoms with E-state index >= 15 is 0 Å². The Bertz CT molecular complexity index is 922. The van der Waals surface area contributed by atoms with E-state index in [0.29, 0.717) is 12.1 Å². The number of fused-ring (bicyclic) bond motifs is 1. The van der Waals surface area contributed by atoms with E-state index in [4.69, 9.17) is 0 Å². The third-order valence-corrected chi connectivity index (χ3v) is 4.84. The van der Waals surface area contributed by atoms with Gasteiger partial charge in [-0.1, -0.05) is 42.5 Å². The minimum absolute atomic E-state index is 0.138. The number of aromatic nitrogens is 2. The van der Waals surface area contributed by atoms with Crippen LogP contribution >= 0.6 is 0 Å². The second-order valence-corrected chi connectivity index (χ2v) is 6.49. The minimum Gasteiger partial charge on any atom is -0.394 e. The highest BCUT2D eigenvalue weighted by Crippen LogP contribution is 2.36. The molecule has 1 heterocycles. The van der Waals surface area contributed by atoms with Crippen molar-refractivity contribution in [3.05, 3.63) is 78.1 Å². The van der Waals surface area contributed by atoms with Gasteiger partial charge in [-0.05, 0) is 36.1 Å². The number of aryl methyl sites for hydroxylation is 1. The van der Waals surface area contributed by atoms with Crippen LogP contribution in [0.25, 0.3) is 5.69 Å². The summed E-state index contributed by atoms with van der Waals surface area (Å²) in [4.78, 5) is 12.5. The Morgan fingerprint density at radius 1 is 1.15 bits per heavy atom. The van der Waals surface area contributed by atoms with E-state index in [2.05, 4.69) is 15.7 Å². The van der Waals surface area contributed by atoms with Crippen molar-refractivity contribution < 1.29 is 9.90 Å². The monoisotopic (exact) mass is 348 g/mol. The zero-order chi connectivity index (χ0) is 18.0. The highest BCUT2D eigenvalue weighted by Gasteiger charge is 2.39. The summed E-state index contributed by atoms with van der Waals surface area (Å²) in [6.07, 6.45) is 4.87. The van der Waals surface area contributed by atoms with E-state index in [1.165, 1.54) is 5.56 Å². The lowest BCUT2D eigenvalue weighted by molar-refractivity contribution is 0.164. The molecule has 3 aromatic rings. The van der Waals surface area contributed by atoms with E-state index < -0.39 is 5.54 Å². The van der Waals surface area contributed by atoms with Gasteiger partial charge >= 0.3 is 6.03 Å². The van der Waals surface area contributed by atoms with Crippen LogP contribution in [0.5, 0.6) is 0 Å². The lowest BCUT2D eigenvalue weighted by atomic mass is 9.93. The van der Waals surface area contributed by atoms with Crippen LogP contribution in [0.15, 0.2) is 67.0 Å². The molecule has 0 spiro atoms. The minimum atomic E-state index is -0.740. The molecular weight excluding hydrogens is 328 g/mol. The molecule has 6 heteroatoms. The maximum Gasteiger partial charge on any atom is 0.320 e. The van der Waals surface area contributed by atoms with Crippen LogP contribution in [0.2, 0.25) is 0 Å². The van der Waals surface area contributed by atoms with E-state index in [0.717, 1.165) is 17.7 Å². The maximum absolute atomic E-state index is 12.5. The Morgan fingerprint density at radius 2 is 1.92 bits per heavy atom. The normalized spacial score (nSPS) is 18.3. The first-order chi connectivity index (χ1) is 12.7. The Hall–Kier alpha value is -3.12. The Morgan fingerprint density at radius 3 is 2.73 bits per heavy atom. The van der Waals surface area contributed by atoms with E-state index in [-0.39, 0.29) is 12.6 Å². The molecule has 132 valence electrons. The van der Waals surface area contributed by atoms with Gasteiger partial charge in [0.1, 0.15) is 0 Å². The Labute approximate surface area is 151 Å². The molecule has 6 nitrogen and oxygen atoms in total. The van der Waals surface area contributed by atoms with Gasteiger partial charge < -0.3 is 15.7 Å². The SMILES string of the molecule is O=C(Nc1cnn(-c2ccccc2)c1)NC1(CO)CCc2ccccc21. The van der Waals surface area contributed by atoms with Gasteiger partial charge in [0, 0.05) is 0 Å².